The third kappa shape index (κ3) is 3.74. The zero-order valence-electron chi connectivity index (χ0n) is 17.9. The van der Waals surface area contributed by atoms with Crippen molar-refractivity contribution in [2.75, 3.05) is 17.7 Å². The van der Waals surface area contributed by atoms with Crippen LogP contribution in [-0.2, 0) is 0 Å². The van der Waals surface area contributed by atoms with E-state index in [1.54, 1.807) is 18.3 Å². The number of hydrogen-bond acceptors (Lipinski definition) is 7. The third-order valence-corrected chi connectivity index (χ3v) is 6.75. The minimum atomic E-state index is -0.607. The first kappa shape index (κ1) is 20.6. The number of nitrogens with zero attached hydrogens (tertiary/aromatic N) is 3. The van der Waals surface area contributed by atoms with Crippen molar-refractivity contribution in [3.8, 4) is 0 Å². The van der Waals surface area contributed by atoms with E-state index in [1.807, 2.05) is 13.0 Å². The lowest BCUT2D eigenvalue weighted by Crippen LogP contribution is -2.45. The molecule has 1 aliphatic rings. The number of anilines is 1. The van der Waals surface area contributed by atoms with Gasteiger partial charge in [-0.2, -0.15) is 0 Å². The van der Waals surface area contributed by atoms with Crippen molar-refractivity contribution < 1.29 is 9.21 Å². The molecule has 0 bridgehead atoms. The zero-order chi connectivity index (χ0) is 21.6. The minimum absolute atomic E-state index is 0.0192. The quantitative estimate of drug-likeness (QED) is 0.263. The molecule has 0 saturated carbocycles. The minimum Gasteiger partial charge on any atom is -0.422 e. The van der Waals surface area contributed by atoms with Gasteiger partial charge in [0.05, 0.1) is 5.75 Å². The highest BCUT2D eigenvalue weighted by Gasteiger charge is 2.34. The molecule has 156 valence electrons. The molecule has 1 atom stereocenters. The van der Waals surface area contributed by atoms with Crippen molar-refractivity contribution in [3.63, 3.8) is 0 Å². The van der Waals surface area contributed by atoms with Gasteiger partial charge in [0.2, 0.25) is 0 Å². The average molecular weight is 424 g/mol. The fourth-order valence-electron chi connectivity index (χ4n) is 4.08. The Labute approximate surface area is 179 Å². The van der Waals surface area contributed by atoms with E-state index in [4.69, 9.17) is 4.42 Å². The standard InChI is InChI=1S/C23H25N3O3S/c1-13-11-23(3,4)26(5)18-10-20-15(8-16(13)18)9-17(21(28)29-20)19(27)12-30-22-24-7-6-14(2)25-22/h6-10,13H,11-12H2,1-5H3. The number of hydrogen-bond donors (Lipinski definition) is 0. The number of thioether (sulfide) groups is 1. The van der Waals surface area contributed by atoms with Crippen LogP contribution in [0.3, 0.4) is 0 Å². The second-order valence-electron chi connectivity index (χ2n) is 8.57. The van der Waals surface area contributed by atoms with Crippen LogP contribution in [0.1, 0.15) is 54.7 Å². The third-order valence-electron chi connectivity index (χ3n) is 5.89. The van der Waals surface area contributed by atoms with Gasteiger partial charge >= 0.3 is 5.63 Å². The molecule has 0 spiro atoms. The van der Waals surface area contributed by atoms with Gasteiger partial charge in [-0.15, -0.1) is 0 Å². The second-order valence-corrected chi connectivity index (χ2v) is 9.51. The summed E-state index contributed by atoms with van der Waals surface area (Å²) in [6, 6.07) is 7.43. The number of fused-ring (bicyclic) bond motifs is 2. The second kappa shape index (κ2) is 7.54. The molecule has 3 aromatic rings. The summed E-state index contributed by atoms with van der Waals surface area (Å²) in [5, 5.41) is 1.29. The molecule has 4 rings (SSSR count). The maximum Gasteiger partial charge on any atom is 0.347 e. The van der Waals surface area contributed by atoms with Crippen LogP contribution >= 0.6 is 11.8 Å². The van der Waals surface area contributed by atoms with Crippen molar-refractivity contribution in [1.29, 1.82) is 0 Å². The van der Waals surface area contributed by atoms with Crippen LogP contribution in [0.2, 0.25) is 0 Å². The van der Waals surface area contributed by atoms with Crippen LogP contribution in [0.15, 0.2) is 44.8 Å². The summed E-state index contributed by atoms with van der Waals surface area (Å²) >= 11 is 1.22. The number of rotatable bonds is 4. The first-order valence-electron chi connectivity index (χ1n) is 9.97. The van der Waals surface area contributed by atoms with Crippen molar-refractivity contribution in [1.82, 2.24) is 9.97 Å². The molecule has 1 unspecified atom stereocenters. The molecule has 1 aliphatic heterocycles. The van der Waals surface area contributed by atoms with Gasteiger partial charge in [0, 0.05) is 41.6 Å². The Balaban J connectivity index is 1.67. The number of aromatic nitrogens is 2. The van der Waals surface area contributed by atoms with Crippen molar-refractivity contribution in [3.05, 3.63) is 57.7 Å². The SMILES string of the molecule is Cc1ccnc(SCC(=O)c2cc3cc4c(cc3oc2=O)N(C)C(C)(C)CC4C)n1. The van der Waals surface area contributed by atoms with Gasteiger partial charge < -0.3 is 9.32 Å². The fourth-order valence-corrected chi connectivity index (χ4v) is 4.84. The molecule has 6 nitrogen and oxygen atoms in total. The summed E-state index contributed by atoms with van der Waals surface area (Å²) in [5.74, 6) is 0.165. The first-order chi connectivity index (χ1) is 14.2. The Kier molecular flexibility index (Phi) is 5.18. The monoisotopic (exact) mass is 423 g/mol. The Morgan fingerprint density at radius 3 is 2.83 bits per heavy atom. The number of Topliss-reactive ketones (excluding diaryl/α,β-unsaturated/α-hetero) is 1. The Hall–Kier alpha value is -2.67. The lowest BCUT2D eigenvalue weighted by atomic mass is 9.80. The summed E-state index contributed by atoms with van der Waals surface area (Å²) in [7, 11) is 2.07. The van der Waals surface area contributed by atoms with Crippen LogP contribution in [0.5, 0.6) is 0 Å². The lowest BCUT2D eigenvalue weighted by molar-refractivity contribution is 0.101. The zero-order valence-corrected chi connectivity index (χ0v) is 18.7. The van der Waals surface area contributed by atoms with Gasteiger partial charge in [-0.1, -0.05) is 18.7 Å². The topological polar surface area (TPSA) is 76.3 Å². The Morgan fingerprint density at radius 1 is 1.33 bits per heavy atom. The Bertz CT molecular complexity index is 1200. The average Bonchev–Trinajstić information content (AvgIpc) is 2.68. The number of carbonyl (C=O) groups is 1. The normalized spacial score (nSPS) is 17.8. The predicted octanol–water partition coefficient (Wildman–Crippen LogP) is 4.59. The summed E-state index contributed by atoms with van der Waals surface area (Å²) < 4.78 is 5.56. The van der Waals surface area contributed by atoms with Crippen molar-refractivity contribution >= 4 is 34.2 Å². The number of benzene rings is 1. The van der Waals surface area contributed by atoms with Gasteiger partial charge in [-0.25, -0.2) is 14.8 Å². The van der Waals surface area contributed by atoms with E-state index in [-0.39, 0.29) is 22.6 Å². The molecule has 0 N–H and O–H groups in total. The molecule has 3 heterocycles. The summed E-state index contributed by atoms with van der Waals surface area (Å²) in [4.78, 5) is 35.9. The van der Waals surface area contributed by atoms with Crippen LogP contribution in [-0.4, -0.2) is 34.1 Å². The van der Waals surface area contributed by atoms with E-state index in [2.05, 4.69) is 48.8 Å². The molecule has 7 heteroatoms. The maximum absolute atomic E-state index is 12.7. The lowest BCUT2D eigenvalue weighted by Gasteiger charge is -2.45. The first-order valence-corrected chi connectivity index (χ1v) is 11.0. The smallest absolute Gasteiger partial charge is 0.347 e. The van der Waals surface area contributed by atoms with Gasteiger partial charge in [0.1, 0.15) is 11.1 Å². The summed E-state index contributed by atoms with van der Waals surface area (Å²) in [6.45, 7) is 8.50. The molecule has 0 radical (unpaired) electrons. The highest BCUT2D eigenvalue weighted by molar-refractivity contribution is 7.99. The van der Waals surface area contributed by atoms with E-state index in [1.165, 1.54) is 17.3 Å². The van der Waals surface area contributed by atoms with Crippen LogP contribution in [0.4, 0.5) is 5.69 Å². The highest BCUT2D eigenvalue weighted by atomic mass is 32.2. The number of carbonyl (C=O) groups excluding carboxylic acids is 1. The van der Waals surface area contributed by atoms with E-state index < -0.39 is 5.63 Å². The molecule has 30 heavy (non-hydrogen) atoms. The number of ketones is 1. The molecule has 2 aromatic heterocycles. The Morgan fingerprint density at radius 2 is 2.10 bits per heavy atom. The van der Waals surface area contributed by atoms with Crippen molar-refractivity contribution in [2.24, 2.45) is 0 Å². The van der Waals surface area contributed by atoms with Crippen molar-refractivity contribution in [2.45, 2.75) is 50.7 Å². The highest BCUT2D eigenvalue weighted by Crippen LogP contribution is 2.43. The molecule has 0 aliphatic carbocycles. The van der Waals surface area contributed by atoms with Crippen LogP contribution in [0, 0.1) is 6.92 Å². The molecular weight excluding hydrogens is 398 g/mol. The van der Waals surface area contributed by atoms with E-state index >= 15 is 0 Å². The fraction of sp³-hybridized carbons (Fsp3) is 0.391. The molecule has 0 saturated heterocycles. The molecule has 1 aromatic carbocycles. The van der Waals surface area contributed by atoms with Crippen LogP contribution < -0.4 is 10.5 Å². The largest absolute Gasteiger partial charge is 0.422 e. The van der Waals surface area contributed by atoms with E-state index in [0.717, 1.165) is 23.2 Å². The summed E-state index contributed by atoms with van der Waals surface area (Å²) in [5.41, 5.74) is 3.09. The van der Waals surface area contributed by atoms with Gasteiger partial charge in [-0.05, 0) is 56.9 Å². The number of aryl methyl sites for hydroxylation is 1. The van der Waals surface area contributed by atoms with Crippen LogP contribution in [0.25, 0.3) is 11.0 Å². The molecular formula is C23H25N3O3S. The summed E-state index contributed by atoms with van der Waals surface area (Å²) in [6.07, 6.45) is 2.68. The van der Waals surface area contributed by atoms with Gasteiger partial charge in [-0.3, -0.25) is 4.79 Å². The molecule has 0 fully saturated rings. The predicted molar refractivity (Wildman–Crippen MR) is 120 cm³/mol. The maximum atomic E-state index is 12.7. The molecule has 0 amide bonds. The van der Waals surface area contributed by atoms with E-state index in [9.17, 15) is 9.59 Å². The van der Waals surface area contributed by atoms with E-state index in [0.29, 0.717) is 16.7 Å². The van der Waals surface area contributed by atoms with Gasteiger partial charge in [0.25, 0.3) is 0 Å². The van der Waals surface area contributed by atoms with Gasteiger partial charge in [0.15, 0.2) is 10.9 Å².